The van der Waals surface area contributed by atoms with E-state index in [4.69, 9.17) is 9.97 Å². The minimum absolute atomic E-state index is 0.606. The zero-order valence-electron chi connectivity index (χ0n) is 24.6. The van der Waals surface area contributed by atoms with Crippen LogP contribution in [0.15, 0.2) is 146 Å². The van der Waals surface area contributed by atoms with Gasteiger partial charge in [-0.25, -0.2) is 9.97 Å². The normalized spacial score (nSPS) is 11.5. The Kier molecular flexibility index (Phi) is 6.02. The quantitative estimate of drug-likeness (QED) is 0.201. The third kappa shape index (κ3) is 4.12. The molecule has 0 aliphatic rings. The molecule has 5 heteroatoms. The molecule has 0 aliphatic carbocycles. The topological polar surface area (TPSA) is 54.5 Å². The standard InChI is InChI=1S/C41H24N4S/c42-25-26-11-8-15-29(23-26)38-40-39(44-41(43-38)27-12-2-1-3-13-27)37-31(19-10-22-36(37)46-40)28-14-9-16-30(24-28)45-34-20-6-4-17-32(34)33-18-5-7-21-35(33)45/h1-24H. The Labute approximate surface area is 269 Å². The summed E-state index contributed by atoms with van der Waals surface area (Å²) in [6.07, 6.45) is 0. The van der Waals surface area contributed by atoms with Crippen LogP contribution in [0.2, 0.25) is 0 Å². The van der Waals surface area contributed by atoms with Crippen molar-refractivity contribution in [2.75, 3.05) is 0 Å². The number of nitriles is 1. The van der Waals surface area contributed by atoms with E-state index in [1.807, 2.05) is 54.6 Å². The molecule has 0 bridgehead atoms. The number of fused-ring (bicyclic) bond motifs is 6. The molecule has 0 atom stereocenters. The predicted molar refractivity (Wildman–Crippen MR) is 190 cm³/mol. The summed E-state index contributed by atoms with van der Waals surface area (Å²) in [5, 5.41) is 13.3. The molecular weight excluding hydrogens is 581 g/mol. The maximum atomic E-state index is 9.66. The van der Waals surface area contributed by atoms with E-state index in [0.717, 1.165) is 53.9 Å². The van der Waals surface area contributed by atoms with Crippen LogP contribution in [-0.2, 0) is 0 Å². The zero-order valence-corrected chi connectivity index (χ0v) is 25.4. The number of hydrogen-bond acceptors (Lipinski definition) is 4. The molecule has 6 aromatic carbocycles. The zero-order chi connectivity index (χ0) is 30.6. The van der Waals surface area contributed by atoms with E-state index < -0.39 is 0 Å². The van der Waals surface area contributed by atoms with Gasteiger partial charge in [-0.05, 0) is 53.6 Å². The number of benzene rings is 6. The van der Waals surface area contributed by atoms with E-state index in [-0.39, 0.29) is 0 Å². The Bertz CT molecular complexity index is 2610. The molecular formula is C41H24N4S. The second-order valence-electron chi connectivity index (χ2n) is 11.3. The average Bonchev–Trinajstić information content (AvgIpc) is 3.68. The van der Waals surface area contributed by atoms with E-state index in [0.29, 0.717) is 11.4 Å². The molecule has 0 spiro atoms. The van der Waals surface area contributed by atoms with Crippen molar-refractivity contribution in [3.05, 3.63) is 151 Å². The Morgan fingerprint density at radius 2 is 1.26 bits per heavy atom. The molecule has 0 amide bonds. The maximum Gasteiger partial charge on any atom is 0.160 e. The van der Waals surface area contributed by atoms with Crippen LogP contribution < -0.4 is 0 Å². The van der Waals surface area contributed by atoms with Crippen molar-refractivity contribution in [2.24, 2.45) is 0 Å². The van der Waals surface area contributed by atoms with Crippen LogP contribution >= 0.6 is 11.3 Å². The highest BCUT2D eigenvalue weighted by Gasteiger charge is 2.20. The molecule has 214 valence electrons. The summed E-state index contributed by atoms with van der Waals surface area (Å²) in [6.45, 7) is 0. The van der Waals surface area contributed by atoms with Gasteiger partial charge in [-0.3, -0.25) is 0 Å². The lowest BCUT2D eigenvalue weighted by Gasteiger charge is -2.11. The highest BCUT2D eigenvalue weighted by molar-refractivity contribution is 7.26. The minimum Gasteiger partial charge on any atom is -0.309 e. The van der Waals surface area contributed by atoms with Gasteiger partial charge in [0.05, 0.1) is 38.6 Å². The smallest absolute Gasteiger partial charge is 0.160 e. The van der Waals surface area contributed by atoms with Gasteiger partial charge in [-0.1, -0.05) is 103 Å². The Balaban J connectivity index is 1.31. The number of hydrogen-bond donors (Lipinski definition) is 0. The highest BCUT2D eigenvalue weighted by atomic mass is 32.1. The van der Waals surface area contributed by atoms with Gasteiger partial charge in [-0.2, -0.15) is 5.26 Å². The van der Waals surface area contributed by atoms with Gasteiger partial charge in [0.2, 0.25) is 0 Å². The first-order valence-electron chi connectivity index (χ1n) is 15.1. The van der Waals surface area contributed by atoms with Gasteiger partial charge in [-0.15, -0.1) is 11.3 Å². The van der Waals surface area contributed by atoms with E-state index in [9.17, 15) is 5.26 Å². The molecule has 0 saturated heterocycles. The molecule has 0 N–H and O–H groups in total. The number of rotatable bonds is 4. The monoisotopic (exact) mass is 604 g/mol. The first-order valence-corrected chi connectivity index (χ1v) is 16.0. The van der Waals surface area contributed by atoms with Crippen LogP contribution in [0, 0.1) is 11.3 Å². The summed E-state index contributed by atoms with van der Waals surface area (Å²) in [5.41, 5.74) is 9.95. The molecule has 9 aromatic rings. The number of nitrogens with zero attached hydrogens (tertiary/aromatic N) is 4. The molecule has 9 rings (SSSR count). The number of thiophene rings is 1. The van der Waals surface area contributed by atoms with Gasteiger partial charge >= 0.3 is 0 Å². The van der Waals surface area contributed by atoms with Crippen LogP contribution in [0.3, 0.4) is 0 Å². The van der Waals surface area contributed by atoms with E-state index in [2.05, 4.69) is 102 Å². The molecule has 0 aliphatic heterocycles. The number of para-hydroxylation sites is 2. The summed E-state index contributed by atoms with van der Waals surface area (Å²) >= 11 is 1.70. The summed E-state index contributed by atoms with van der Waals surface area (Å²) in [7, 11) is 0. The van der Waals surface area contributed by atoms with Crippen LogP contribution in [0.4, 0.5) is 0 Å². The molecule has 46 heavy (non-hydrogen) atoms. The Morgan fingerprint density at radius 1 is 0.587 bits per heavy atom. The first kappa shape index (κ1) is 26.3. The third-order valence-electron chi connectivity index (χ3n) is 8.63. The third-order valence-corrected chi connectivity index (χ3v) is 9.78. The first-order chi connectivity index (χ1) is 22.8. The van der Waals surface area contributed by atoms with Crippen molar-refractivity contribution in [3.63, 3.8) is 0 Å². The SMILES string of the molecule is N#Cc1cccc(-c2nc(-c3ccccc3)nc3c2sc2cccc(-c4cccc(-n5c6ccccc6c6ccccc65)c4)c23)c1. The lowest BCUT2D eigenvalue weighted by atomic mass is 9.99. The number of aromatic nitrogens is 3. The second kappa shape index (κ2) is 10.5. The van der Waals surface area contributed by atoms with E-state index in [1.54, 1.807) is 11.3 Å². The van der Waals surface area contributed by atoms with Gasteiger partial charge in [0.1, 0.15) is 0 Å². The largest absolute Gasteiger partial charge is 0.309 e. The summed E-state index contributed by atoms with van der Waals surface area (Å²) in [5.74, 6) is 0.666. The van der Waals surface area contributed by atoms with Gasteiger partial charge in [0.25, 0.3) is 0 Å². The summed E-state index contributed by atoms with van der Waals surface area (Å²) in [4.78, 5) is 10.3. The predicted octanol–water partition coefficient (Wildman–Crippen LogP) is 10.8. The summed E-state index contributed by atoms with van der Waals surface area (Å²) in [6, 6.07) is 52.6. The van der Waals surface area contributed by atoms with Gasteiger partial charge in [0, 0.05) is 37.7 Å². The lowest BCUT2D eigenvalue weighted by molar-refractivity contribution is 1.18. The fourth-order valence-corrected chi connectivity index (χ4v) is 7.77. The fraction of sp³-hybridized carbons (Fsp3) is 0. The van der Waals surface area contributed by atoms with Gasteiger partial charge in [0.15, 0.2) is 5.82 Å². The van der Waals surface area contributed by atoms with E-state index in [1.165, 1.54) is 21.8 Å². The van der Waals surface area contributed by atoms with Crippen LogP contribution in [0.5, 0.6) is 0 Å². The van der Waals surface area contributed by atoms with Crippen molar-refractivity contribution in [1.29, 1.82) is 5.26 Å². The molecule has 0 saturated carbocycles. The molecule has 3 aromatic heterocycles. The average molecular weight is 605 g/mol. The molecule has 0 unspecified atom stereocenters. The molecule has 0 fully saturated rings. The van der Waals surface area contributed by atoms with Crippen molar-refractivity contribution in [1.82, 2.24) is 14.5 Å². The van der Waals surface area contributed by atoms with Crippen molar-refractivity contribution in [3.8, 4) is 45.5 Å². The van der Waals surface area contributed by atoms with Crippen molar-refractivity contribution in [2.45, 2.75) is 0 Å². The van der Waals surface area contributed by atoms with Crippen LogP contribution in [-0.4, -0.2) is 14.5 Å². The highest BCUT2D eigenvalue weighted by Crippen LogP contribution is 2.44. The second-order valence-corrected chi connectivity index (χ2v) is 12.4. The van der Waals surface area contributed by atoms with Crippen molar-refractivity contribution < 1.29 is 0 Å². The fourth-order valence-electron chi connectivity index (χ4n) is 6.59. The molecule has 0 radical (unpaired) electrons. The maximum absolute atomic E-state index is 9.66. The van der Waals surface area contributed by atoms with E-state index >= 15 is 0 Å². The molecule has 3 heterocycles. The summed E-state index contributed by atoms with van der Waals surface area (Å²) < 4.78 is 4.51. The van der Waals surface area contributed by atoms with Crippen molar-refractivity contribution >= 4 is 53.4 Å². The van der Waals surface area contributed by atoms with Crippen LogP contribution in [0.1, 0.15) is 5.56 Å². The van der Waals surface area contributed by atoms with Crippen LogP contribution in [0.25, 0.3) is 81.6 Å². The molecule has 4 nitrogen and oxygen atoms in total. The Morgan fingerprint density at radius 3 is 2.04 bits per heavy atom. The Hall–Kier alpha value is -6.09. The lowest BCUT2D eigenvalue weighted by Crippen LogP contribution is -1.95. The van der Waals surface area contributed by atoms with Gasteiger partial charge < -0.3 is 4.57 Å². The minimum atomic E-state index is 0.606.